The molecule has 0 aromatic heterocycles. The predicted octanol–water partition coefficient (Wildman–Crippen LogP) is 3.43. The molecule has 3 nitrogen and oxygen atoms in total. The zero-order valence-corrected chi connectivity index (χ0v) is 13.2. The lowest BCUT2D eigenvalue weighted by Gasteiger charge is -2.25. The van der Waals surface area contributed by atoms with Crippen LogP contribution in [0.2, 0.25) is 5.02 Å². The summed E-state index contributed by atoms with van der Waals surface area (Å²) in [5, 5.41) is 4.09. The molecule has 1 saturated heterocycles. The Balaban J connectivity index is 2.15. The van der Waals surface area contributed by atoms with Crippen LogP contribution in [0.1, 0.15) is 12.8 Å². The molecule has 6 heteroatoms. The summed E-state index contributed by atoms with van der Waals surface area (Å²) in [6, 6.07) is 4.00. The molecule has 100 valence electrons. The maximum atomic E-state index is 11.3. The van der Waals surface area contributed by atoms with Crippen LogP contribution >= 0.6 is 27.5 Å². The van der Waals surface area contributed by atoms with Gasteiger partial charge in [-0.25, -0.2) is 0 Å². The first-order valence-corrected chi connectivity index (χ1v) is 8.40. The second-order valence-corrected chi connectivity index (χ2v) is 7.22. The second-order valence-electron chi connectivity index (χ2n) is 4.24. The van der Waals surface area contributed by atoms with E-state index in [1.807, 2.05) is 12.1 Å². The Morgan fingerprint density at radius 1 is 1.44 bits per heavy atom. The highest BCUT2D eigenvalue weighted by Gasteiger charge is 2.19. The van der Waals surface area contributed by atoms with Gasteiger partial charge >= 0.3 is 0 Å². The summed E-state index contributed by atoms with van der Waals surface area (Å²) >= 11 is 9.48. The second kappa shape index (κ2) is 6.26. The van der Waals surface area contributed by atoms with Gasteiger partial charge in [-0.3, -0.25) is 4.21 Å². The smallest absolute Gasteiger partial charge is 0.156 e. The van der Waals surface area contributed by atoms with Gasteiger partial charge < -0.3 is 10.1 Å². The van der Waals surface area contributed by atoms with Crippen LogP contribution in [0.15, 0.2) is 16.6 Å². The fraction of sp³-hybridized carbons (Fsp3) is 0.500. The van der Waals surface area contributed by atoms with Crippen molar-refractivity contribution >= 4 is 44.0 Å². The van der Waals surface area contributed by atoms with Crippen LogP contribution < -0.4 is 10.1 Å². The molecule has 18 heavy (non-hydrogen) atoms. The van der Waals surface area contributed by atoms with Crippen LogP contribution in [0, 0.1) is 0 Å². The van der Waals surface area contributed by atoms with E-state index in [0.717, 1.165) is 40.3 Å². The fourth-order valence-corrected chi connectivity index (χ4v) is 4.30. The highest BCUT2D eigenvalue weighted by atomic mass is 79.9. The lowest BCUT2D eigenvalue weighted by Crippen LogP contribution is -2.29. The van der Waals surface area contributed by atoms with Gasteiger partial charge in [0.05, 0.1) is 17.3 Å². The summed E-state index contributed by atoms with van der Waals surface area (Å²) in [5.41, 5.74) is 0.884. The van der Waals surface area contributed by atoms with Crippen molar-refractivity contribution in [3.63, 3.8) is 0 Å². The number of anilines is 1. The molecule has 0 spiro atoms. The van der Waals surface area contributed by atoms with E-state index in [9.17, 15) is 4.21 Å². The minimum atomic E-state index is -0.641. The van der Waals surface area contributed by atoms with Gasteiger partial charge in [-0.15, -0.1) is 0 Å². The van der Waals surface area contributed by atoms with Gasteiger partial charge in [-0.05, 0) is 40.9 Å². The molecule has 0 amide bonds. The maximum Gasteiger partial charge on any atom is 0.156 e. The molecule has 0 bridgehead atoms. The number of ether oxygens (including phenoxy) is 1. The van der Waals surface area contributed by atoms with Crippen molar-refractivity contribution in [3.05, 3.63) is 21.6 Å². The van der Waals surface area contributed by atoms with Gasteiger partial charge in [0.1, 0.15) is 0 Å². The van der Waals surface area contributed by atoms with Crippen LogP contribution in [0.25, 0.3) is 0 Å². The van der Waals surface area contributed by atoms with Gasteiger partial charge in [-0.2, -0.15) is 0 Å². The molecule has 1 aliphatic heterocycles. The van der Waals surface area contributed by atoms with Crippen molar-refractivity contribution in [1.82, 2.24) is 0 Å². The molecule has 1 aromatic rings. The number of methoxy groups -OCH3 is 1. The van der Waals surface area contributed by atoms with Crippen molar-refractivity contribution in [2.75, 3.05) is 23.9 Å². The quantitative estimate of drug-likeness (QED) is 0.905. The average Bonchev–Trinajstić information content (AvgIpc) is 2.32. The minimum Gasteiger partial charge on any atom is -0.493 e. The third-order valence-corrected chi connectivity index (χ3v) is 5.15. The van der Waals surface area contributed by atoms with Gasteiger partial charge in [0, 0.05) is 33.4 Å². The number of rotatable bonds is 3. The summed E-state index contributed by atoms with van der Waals surface area (Å²) in [6.07, 6.45) is 1.83. The van der Waals surface area contributed by atoms with E-state index in [1.165, 1.54) is 0 Å². The highest BCUT2D eigenvalue weighted by Crippen LogP contribution is 2.37. The molecule has 0 radical (unpaired) electrons. The predicted molar refractivity (Wildman–Crippen MR) is 80.2 cm³/mol. The van der Waals surface area contributed by atoms with Gasteiger partial charge in [0.2, 0.25) is 0 Å². The molecule has 0 aliphatic carbocycles. The Bertz CT molecular complexity index is 460. The van der Waals surface area contributed by atoms with E-state index in [-0.39, 0.29) is 0 Å². The van der Waals surface area contributed by atoms with E-state index in [2.05, 4.69) is 21.2 Å². The number of benzene rings is 1. The average molecular weight is 353 g/mol. The first-order valence-electron chi connectivity index (χ1n) is 5.74. The minimum absolute atomic E-state index is 0.335. The van der Waals surface area contributed by atoms with Crippen molar-refractivity contribution in [2.24, 2.45) is 0 Å². The normalized spacial score (nSPS) is 23.7. The molecule has 1 N–H and O–H groups in total. The number of halogens is 2. The summed E-state index contributed by atoms with van der Waals surface area (Å²) in [6.45, 7) is 0. The molecule has 1 aromatic carbocycles. The fourth-order valence-electron chi connectivity index (χ4n) is 2.03. The summed E-state index contributed by atoms with van der Waals surface area (Å²) in [5.74, 6) is 2.29. The third-order valence-electron chi connectivity index (χ3n) is 2.96. The van der Waals surface area contributed by atoms with E-state index >= 15 is 0 Å². The molecule has 1 fully saturated rings. The SMILES string of the molecule is COc1c(Br)cc(Cl)cc1NC1CCS(=O)CC1. The van der Waals surface area contributed by atoms with E-state index in [1.54, 1.807) is 7.11 Å². The first-order chi connectivity index (χ1) is 8.60. The summed E-state index contributed by atoms with van der Waals surface area (Å²) in [4.78, 5) is 0. The molecular weight excluding hydrogens is 338 g/mol. The Kier molecular flexibility index (Phi) is 4.92. The lowest BCUT2D eigenvalue weighted by molar-refractivity contribution is 0.413. The zero-order chi connectivity index (χ0) is 13.1. The van der Waals surface area contributed by atoms with Crippen molar-refractivity contribution in [3.8, 4) is 5.75 Å². The molecule has 0 unspecified atom stereocenters. The number of nitrogens with one attached hydrogen (secondary N) is 1. The molecular formula is C12H15BrClNO2S. The van der Waals surface area contributed by atoms with E-state index in [0.29, 0.717) is 11.1 Å². The Morgan fingerprint density at radius 2 is 2.11 bits per heavy atom. The topological polar surface area (TPSA) is 38.3 Å². The Morgan fingerprint density at radius 3 is 2.72 bits per heavy atom. The number of hydrogen-bond acceptors (Lipinski definition) is 3. The molecule has 1 heterocycles. The van der Waals surface area contributed by atoms with Gasteiger partial charge in [-0.1, -0.05) is 11.6 Å². The lowest BCUT2D eigenvalue weighted by atomic mass is 10.1. The van der Waals surface area contributed by atoms with Crippen LogP contribution in [0.5, 0.6) is 5.75 Å². The standard InChI is InChI=1S/C12H15BrClNO2S/c1-17-12-10(13)6-8(14)7-11(12)15-9-2-4-18(16)5-3-9/h6-7,9,15H,2-5H2,1H3. The monoisotopic (exact) mass is 351 g/mol. The molecule has 1 aliphatic rings. The van der Waals surface area contributed by atoms with E-state index in [4.69, 9.17) is 16.3 Å². The van der Waals surface area contributed by atoms with E-state index < -0.39 is 10.8 Å². The number of hydrogen-bond donors (Lipinski definition) is 1. The first kappa shape index (κ1) is 14.2. The molecule has 0 saturated carbocycles. The van der Waals surface area contributed by atoms with Crippen LogP contribution in [0.4, 0.5) is 5.69 Å². The maximum absolute atomic E-state index is 11.3. The van der Waals surface area contributed by atoms with Crippen molar-refractivity contribution in [1.29, 1.82) is 0 Å². The Hall–Kier alpha value is -0.260. The third kappa shape index (κ3) is 3.39. The molecule has 2 rings (SSSR count). The largest absolute Gasteiger partial charge is 0.493 e. The zero-order valence-electron chi connectivity index (χ0n) is 10.0. The summed E-state index contributed by atoms with van der Waals surface area (Å²) < 4.78 is 17.5. The van der Waals surface area contributed by atoms with Gasteiger partial charge in [0.25, 0.3) is 0 Å². The highest BCUT2D eigenvalue weighted by molar-refractivity contribution is 9.10. The van der Waals surface area contributed by atoms with Crippen LogP contribution in [-0.2, 0) is 10.8 Å². The van der Waals surface area contributed by atoms with Crippen molar-refractivity contribution in [2.45, 2.75) is 18.9 Å². The van der Waals surface area contributed by atoms with Gasteiger partial charge in [0.15, 0.2) is 5.75 Å². The molecule has 0 atom stereocenters. The summed E-state index contributed by atoms with van der Waals surface area (Å²) in [7, 11) is 0.993. The van der Waals surface area contributed by atoms with Crippen molar-refractivity contribution < 1.29 is 8.95 Å². The Labute approximate surface area is 123 Å². The van der Waals surface area contributed by atoms with Crippen LogP contribution in [-0.4, -0.2) is 28.9 Å². The van der Waals surface area contributed by atoms with Crippen LogP contribution in [0.3, 0.4) is 0 Å².